The van der Waals surface area contributed by atoms with E-state index < -0.39 is 0 Å². The van der Waals surface area contributed by atoms with Gasteiger partial charge in [0.1, 0.15) is 17.4 Å². The molecule has 1 fully saturated rings. The molecule has 1 amide bonds. The Bertz CT molecular complexity index is 614. The molecule has 1 saturated carbocycles. The first kappa shape index (κ1) is 16.4. The minimum Gasteiger partial charge on any atom is -0.495 e. The molecular weight excluding hydrogens is 300 g/mol. The number of nitrogens with one attached hydrogen (secondary N) is 1. The van der Waals surface area contributed by atoms with Gasteiger partial charge in [-0.05, 0) is 36.6 Å². The van der Waals surface area contributed by atoms with Gasteiger partial charge in [0.25, 0.3) is 5.91 Å². The van der Waals surface area contributed by atoms with E-state index in [4.69, 9.17) is 16.3 Å². The van der Waals surface area contributed by atoms with Crippen LogP contribution in [0.3, 0.4) is 0 Å². The number of carbonyl (C=O) groups excluding carboxylic acids is 1. The minimum atomic E-state index is -0.318. The Morgan fingerprint density at radius 2 is 2.14 bits per heavy atom. The first-order chi connectivity index (χ1) is 10.6. The molecule has 0 saturated heterocycles. The van der Waals surface area contributed by atoms with Crippen LogP contribution in [-0.2, 0) is 4.79 Å². The summed E-state index contributed by atoms with van der Waals surface area (Å²) in [5.41, 5.74) is 0.785. The molecule has 1 aliphatic carbocycles. The molecule has 5 heteroatoms. The van der Waals surface area contributed by atoms with E-state index in [-0.39, 0.29) is 17.5 Å². The monoisotopic (exact) mass is 318 g/mol. The molecule has 0 aliphatic heterocycles. The highest BCUT2D eigenvalue weighted by atomic mass is 35.5. The molecule has 0 unspecified atom stereocenters. The van der Waals surface area contributed by atoms with Crippen molar-refractivity contribution in [3.8, 4) is 11.8 Å². The van der Waals surface area contributed by atoms with Crippen LogP contribution in [0.1, 0.15) is 37.7 Å². The van der Waals surface area contributed by atoms with E-state index in [9.17, 15) is 10.1 Å². The molecule has 1 aliphatic rings. The molecule has 0 atom stereocenters. The molecule has 1 aromatic rings. The number of benzene rings is 1. The Balaban J connectivity index is 2.11. The quantitative estimate of drug-likeness (QED) is 0.680. The van der Waals surface area contributed by atoms with E-state index in [0.29, 0.717) is 16.3 Å². The summed E-state index contributed by atoms with van der Waals surface area (Å²) in [7, 11) is 1.54. The van der Waals surface area contributed by atoms with Crippen LogP contribution < -0.4 is 10.1 Å². The summed E-state index contributed by atoms with van der Waals surface area (Å²) < 4.78 is 5.08. The van der Waals surface area contributed by atoms with Gasteiger partial charge in [0, 0.05) is 6.04 Å². The van der Waals surface area contributed by atoms with Gasteiger partial charge in [-0.15, -0.1) is 0 Å². The summed E-state index contributed by atoms with van der Waals surface area (Å²) >= 11 is 6.05. The second-order valence-electron chi connectivity index (χ2n) is 5.37. The fraction of sp³-hybridized carbons (Fsp3) is 0.412. The number of nitrogens with zero attached hydrogens (tertiary/aromatic N) is 1. The molecule has 2 rings (SSSR count). The van der Waals surface area contributed by atoms with Crippen LogP contribution in [0, 0.1) is 11.3 Å². The van der Waals surface area contributed by atoms with Crippen molar-refractivity contribution in [1.29, 1.82) is 5.26 Å². The van der Waals surface area contributed by atoms with Gasteiger partial charge in [0.15, 0.2) is 0 Å². The highest BCUT2D eigenvalue weighted by molar-refractivity contribution is 6.32. The minimum absolute atomic E-state index is 0.0896. The number of rotatable bonds is 4. The molecular formula is C17H19ClN2O2. The number of hydrogen-bond donors (Lipinski definition) is 1. The maximum absolute atomic E-state index is 12.2. The van der Waals surface area contributed by atoms with Gasteiger partial charge in [-0.1, -0.05) is 36.9 Å². The van der Waals surface area contributed by atoms with Crippen molar-refractivity contribution in [1.82, 2.24) is 5.32 Å². The summed E-state index contributed by atoms with van der Waals surface area (Å²) in [6.07, 6.45) is 6.99. The van der Waals surface area contributed by atoms with Gasteiger partial charge in [-0.2, -0.15) is 5.26 Å². The molecule has 1 aromatic carbocycles. The van der Waals surface area contributed by atoms with Crippen molar-refractivity contribution < 1.29 is 9.53 Å². The lowest BCUT2D eigenvalue weighted by Gasteiger charge is -2.22. The fourth-order valence-corrected chi connectivity index (χ4v) is 2.86. The van der Waals surface area contributed by atoms with E-state index in [2.05, 4.69) is 5.32 Å². The normalized spacial score (nSPS) is 16.0. The third kappa shape index (κ3) is 4.25. The molecule has 4 nitrogen and oxygen atoms in total. The topological polar surface area (TPSA) is 62.1 Å². The molecule has 22 heavy (non-hydrogen) atoms. The molecule has 0 aromatic heterocycles. The van der Waals surface area contributed by atoms with E-state index >= 15 is 0 Å². The van der Waals surface area contributed by atoms with Gasteiger partial charge in [0.2, 0.25) is 0 Å². The highest BCUT2D eigenvalue weighted by Crippen LogP contribution is 2.26. The lowest BCUT2D eigenvalue weighted by Crippen LogP contribution is -2.36. The summed E-state index contributed by atoms with van der Waals surface area (Å²) in [5.74, 6) is 0.241. The Morgan fingerprint density at radius 1 is 1.41 bits per heavy atom. The van der Waals surface area contributed by atoms with Crippen molar-refractivity contribution in [2.75, 3.05) is 7.11 Å². The number of methoxy groups -OCH3 is 1. The number of ether oxygens (including phenoxy) is 1. The largest absolute Gasteiger partial charge is 0.495 e. The second kappa shape index (κ2) is 7.86. The Labute approximate surface area is 135 Å². The predicted molar refractivity (Wildman–Crippen MR) is 86.6 cm³/mol. The van der Waals surface area contributed by atoms with Gasteiger partial charge < -0.3 is 10.1 Å². The molecule has 1 N–H and O–H groups in total. The summed E-state index contributed by atoms with van der Waals surface area (Å²) in [6, 6.07) is 7.28. The standard InChI is InChI=1S/C17H19ClN2O2/c1-22-16-8-7-12(10-15(16)18)9-13(11-19)17(21)20-14-5-3-2-4-6-14/h7-10,14H,2-6H2,1H3,(H,20,21)/b13-9+. The number of halogens is 1. The Kier molecular flexibility index (Phi) is 5.85. The molecule has 0 spiro atoms. The van der Waals surface area contributed by atoms with Crippen LogP contribution in [-0.4, -0.2) is 19.1 Å². The zero-order chi connectivity index (χ0) is 15.9. The van der Waals surface area contributed by atoms with Gasteiger partial charge in [-0.25, -0.2) is 0 Å². The van der Waals surface area contributed by atoms with Crippen molar-refractivity contribution >= 4 is 23.6 Å². The van der Waals surface area contributed by atoms with E-state index in [1.165, 1.54) is 13.5 Å². The fourth-order valence-electron chi connectivity index (χ4n) is 2.60. The average molecular weight is 319 g/mol. The van der Waals surface area contributed by atoms with E-state index in [1.807, 2.05) is 6.07 Å². The van der Waals surface area contributed by atoms with Crippen molar-refractivity contribution in [3.05, 3.63) is 34.4 Å². The van der Waals surface area contributed by atoms with Crippen LogP contribution in [0.5, 0.6) is 5.75 Å². The van der Waals surface area contributed by atoms with Gasteiger partial charge >= 0.3 is 0 Å². The van der Waals surface area contributed by atoms with Crippen LogP contribution in [0.4, 0.5) is 0 Å². The van der Waals surface area contributed by atoms with Crippen molar-refractivity contribution in [2.45, 2.75) is 38.1 Å². The maximum Gasteiger partial charge on any atom is 0.262 e. The van der Waals surface area contributed by atoms with Crippen LogP contribution in [0.25, 0.3) is 6.08 Å². The Hall–Kier alpha value is -1.99. The van der Waals surface area contributed by atoms with E-state index in [0.717, 1.165) is 25.7 Å². The first-order valence-corrected chi connectivity index (χ1v) is 7.78. The molecule has 0 radical (unpaired) electrons. The molecule has 0 bridgehead atoms. The molecule has 116 valence electrons. The number of nitriles is 1. The summed E-state index contributed by atoms with van der Waals surface area (Å²) in [6.45, 7) is 0. The summed E-state index contributed by atoms with van der Waals surface area (Å²) in [5, 5.41) is 12.6. The van der Waals surface area contributed by atoms with Gasteiger partial charge in [-0.3, -0.25) is 4.79 Å². The number of hydrogen-bond acceptors (Lipinski definition) is 3. The number of carbonyl (C=O) groups is 1. The lowest BCUT2D eigenvalue weighted by atomic mass is 9.95. The van der Waals surface area contributed by atoms with Crippen molar-refractivity contribution in [2.24, 2.45) is 0 Å². The zero-order valence-electron chi connectivity index (χ0n) is 12.6. The SMILES string of the molecule is COc1ccc(/C=C(\C#N)C(=O)NC2CCCCC2)cc1Cl. The molecule has 0 heterocycles. The zero-order valence-corrected chi connectivity index (χ0v) is 13.3. The highest BCUT2D eigenvalue weighted by Gasteiger charge is 2.18. The Morgan fingerprint density at radius 3 is 2.73 bits per heavy atom. The van der Waals surface area contributed by atoms with Crippen molar-refractivity contribution in [3.63, 3.8) is 0 Å². The average Bonchev–Trinajstić information content (AvgIpc) is 2.53. The lowest BCUT2D eigenvalue weighted by molar-refractivity contribution is -0.117. The maximum atomic E-state index is 12.2. The first-order valence-electron chi connectivity index (χ1n) is 7.40. The van der Waals surface area contributed by atoms with E-state index in [1.54, 1.807) is 24.3 Å². The summed E-state index contributed by atoms with van der Waals surface area (Å²) in [4.78, 5) is 12.2. The second-order valence-corrected chi connectivity index (χ2v) is 5.78. The smallest absolute Gasteiger partial charge is 0.262 e. The third-order valence-electron chi connectivity index (χ3n) is 3.79. The van der Waals surface area contributed by atoms with Crippen LogP contribution in [0.15, 0.2) is 23.8 Å². The predicted octanol–water partition coefficient (Wildman–Crippen LogP) is 3.70. The van der Waals surface area contributed by atoms with Gasteiger partial charge in [0.05, 0.1) is 12.1 Å². The van der Waals surface area contributed by atoms with Crippen LogP contribution >= 0.6 is 11.6 Å². The number of amides is 1. The van der Waals surface area contributed by atoms with Crippen LogP contribution in [0.2, 0.25) is 5.02 Å². The third-order valence-corrected chi connectivity index (χ3v) is 4.09.